The van der Waals surface area contributed by atoms with E-state index in [1.165, 1.54) is 31.4 Å². The van der Waals surface area contributed by atoms with Crippen LogP contribution >= 0.6 is 0 Å². The third-order valence-corrected chi connectivity index (χ3v) is 3.46. The number of hydrogen-bond acceptors (Lipinski definition) is 1. The first-order chi connectivity index (χ1) is 8.12. The summed E-state index contributed by atoms with van der Waals surface area (Å²) in [5, 5.41) is 9.62. The minimum atomic E-state index is 0.375. The average Bonchev–Trinajstić information content (AvgIpc) is 2.34. The normalized spacial score (nSPS) is 11.7. The Bertz CT molecular complexity index is 327. The van der Waals surface area contributed by atoms with Gasteiger partial charge in [-0.2, -0.15) is 0 Å². The van der Waals surface area contributed by atoms with Crippen LogP contribution in [0.2, 0.25) is 0 Å². The van der Waals surface area contributed by atoms with E-state index in [1.807, 2.05) is 12.1 Å². The molecule has 96 valence electrons. The summed E-state index contributed by atoms with van der Waals surface area (Å²) in [6.07, 6.45) is 4.91. The number of phenolic OH excluding ortho intramolecular Hbond substituents is 1. The highest BCUT2D eigenvalue weighted by molar-refractivity contribution is 5.46. The second-order valence-corrected chi connectivity index (χ2v) is 5.07. The monoisotopic (exact) mass is 236 g/mol. The van der Waals surface area contributed by atoms with E-state index in [1.54, 1.807) is 6.07 Å². The Morgan fingerprint density at radius 2 is 1.65 bits per heavy atom. The minimum Gasteiger partial charge on any atom is -0.508 e. The molecule has 2 nitrogen and oxygen atoms in total. The Morgan fingerprint density at radius 3 is 2.12 bits per heavy atom. The van der Waals surface area contributed by atoms with Gasteiger partial charge in [-0.15, -0.1) is 0 Å². The van der Waals surface area contributed by atoms with E-state index in [9.17, 15) is 5.11 Å². The van der Waals surface area contributed by atoms with Crippen LogP contribution in [0.4, 0.5) is 5.69 Å². The van der Waals surface area contributed by atoms with Crippen molar-refractivity contribution in [1.29, 1.82) is 0 Å². The van der Waals surface area contributed by atoms with Gasteiger partial charge >= 0.3 is 0 Å². The summed E-state index contributed by atoms with van der Waals surface area (Å²) >= 11 is 0. The maximum Gasteiger partial charge on any atom is 0.136 e. The summed E-state index contributed by atoms with van der Waals surface area (Å²) in [5.74, 6) is 0.375. The molecular formula is C15H26NO+. The molecule has 0 saturated heterocycles. The van der Waals surface area contributed by atoms with Gasteiger partial charge in [0.2, 0.25) is 0 Å². The maximum absolute atomic E-state index is 9.62. The SMILES string of the molecule is CCCC[N+](C)(CCCC)c1cccc(O)c1. The number of nitrogens with zero attached hydrogens (tertiary/aromatic N) is 1. The molecule has 0 aliphatic heterocycles. The van der Waals surface area contributed by atoms with E-state index in [-0.39, 0.29) is 0 Å². The highest BCUT2D eigenvalue weighted by Crippen LogP contribution is 2.26. The molecule has 17 heavy (non-hydrogen) atoms. The standard InChI is InChI=1S/C15H25NO/c1-4-6-11-16(3,12-7-5-2)14-9-8-10-15(17)13-14/h8-10,13H,4-7,11-12H2,1-3H3/p+1. The van der Waals surface area contributed by atoms with Crippen molar-refractivity contribution in [3.8, 4) is 5.75 Å². The molecule has 0 amide bonds. The van der Waals surface area contributed by atoms with E-state index < -0.39 is 0 Å². The molecule has 0 bridgehead atoms. The molecule has 1 aromatic rings. The van der Waals surface area contributed by atoms with E-state index >= 15 is 0 Å². The summed E-state index contributed by atoms with van der Waals surface area (Å²) in [6, 6.07) is 7.73. The van der Waals surface area contributed by atoms with Crippen LogP contribution in [0.5, 0.6) is 5.75 Å². The Hall–Kier alpha value is -1.02. The predicted molar refractivity (Wildman–Crippen MR) is 75.4 cm³/mol. The molecule has 0 aromatic heterocycles. The molecule has 0 radical (unpaired) electrons. The maximum atomic E-state index is 9.62. The van der Waals surface area contributed by atoms with E-state index in [2.05, 4.69) is 27.0 Å². The molecular weight excluding hydrogens is 210 g/mol. The third kappa shape index (κ3) is 4.04. The summed E-state index contributed by atoms with van der Waals surface area (Å²) < 4.78 is 0.941. The zero-order valence-corrected chi connectivity index (χ0v) is 11.4. The molecule has 1 rings (SSSR count). The Kier molecular flexibility index (Phi) is 5.49. The Balaban J connectivity index is 2.87. The van der Waals surface area contributed by atoms with Crippen LogP contribution in [-0.4, -0.2) is 25.2 Å². The van der Waals surface area contributed by atoms with Crippen molar-refractivity contribution in [2.45, 2.75) is 39.5 Å². The number of rotatable bonds is 7. The van der Waals surface area contributed by atoms with Gasteiger partial charge in [-0.05, 0) is 25.0 Å². The van der Waals surface area contributed by atoms with Crippen molar-refractivity contribution in [3.05, 3.63) is 24.3 Å². The van der Waals surface area contributed by atoms with Crippen LogP contribution in [-0.2, 0) is 0 Å². The van der Waals surface area contributed by atoms with Gasteiger partial charge in [-0.3, -0.25) is 4.48 Å². The van der Waals surface area contributed by atoms with Gasteiger partial charge < -0.3 is 5.11 Å². The first kappa shape index (κ1) is 14.0. The van der Waals surface area contributed by atoms with Crippen LogP contribution in [0.3, 0.4) is 0 Å². The summed E-state index contributed by atoms with van der Waals surface area (Å²) in [6.45, 7) is 6.76. The topological polar surface area (TPSA) is 20.2 Å². The van der Waals surface area contributed by atoms with Gasteiger partial charge in [0.25, 0.3) is 0 Å². The van der Waals surface area contributed by atoms with Crippen molar-refractivity contribution in [2.24, 2.45) is 0 Å². The highest BCUT2D eigenvalue weighted by Gasteiger charge is 2.23. The van der Waals surface area contributed by atoms with Gasteiger partial charge in [-0.25, -0.2) is 0 Å². The number of phenols is 1. The van der Waals surface area contributed by atoms with Crippen LogP contribution in [0, 0.1) is 0 Å². The highest BCUT2D eigenvalue weighted by atomic mass is 16.3. The second kappa shape index (κ2) is 6.65. The van der Waals surface area contributed by atoms with Crippen molar-refractivity contribution in [2.75, 3.05) is 20.1 Å². The molecule has 1 N–H and O–H groups in total. The molecule has 0 fully saturated rings. The largest absolute Gasteiger partial charge is 0.508 e. The molecule has 0 aliphatic rings. The van der Waals surface area contributed by atoms with E-state index in [4.69, 9.17) is 0 Å². The molecule has 0 spiro atoms. The van der Waals surface area contributed by atoms with Crippen LogP contribution in [0.1, 0.15) is 39.5 Å². The average molecular weight is 236 g/mol. The molecule has 2 heteroatoms. The zero-order valence-electron chi connectivity index (χ0n) is 11.4. The zero-order chi connectivity index (χ0) is 12.7. The fourth-order valence-corrected chi connectivity index (χ4v) is 2.21. The third-order valence-electron chi connectivity index (χ3n) is 3.46. The lowest BCUT2D eigenvalue weighted by Gasteiger charge is -2.34. The summed E-state index contributed by atoms with van der Waals surface area (Å²) in [5.41, 5.74) is 1.23. The smallest absolute Gasteiger partial charge is 0.136 e. The number of hydrogen-bond donors (Lipinski definition) is 1. The van der Waals surface area contributed by atoms with E-state index in [0.717, 1.165) is 17.6 Å². The van der Waals surface area contributed by atoms with Gasteiger partial charge in [0.1, 0.15) is 11.4 Å². The Morgan fingerprint density at radius 1 is 1.06 bits per heavy atom. The lowest BCUT2D eigenvalue weighted by molar-refractivity contribution is 0.316. The summed E-state index contributed by atoms with van der Waals surface area (Å²) in [4.78, 5) is 0. The fraction of sp³-hybridized carbons (Fsp3) is 0.600. The summed E-state index contributed by atoms with van der Waals surface area (Å²) in [7, 11) is 2.28. The lowest BCUT2D eigenvalue weighted by atomic mass is 10.1. The fourth-order valence-electron chi connectivity index (χ4n) is 2.21. The Labute approximate surface area is 105 Å². The molecule has 0 saturated carbocycles. The quantitative estimate of drug-likeness (QED) is 0.711. The van der Waals surface area contributed by atoms with Crippen LogP contribution in [0.15, 0.2) is 24.3 Å². The van der Waals surface area contributed by atoms with Crippen LogP contribution < -0.4 is 4.48 Å². The van der Waals surface area contributed by atoms with Crippen LogP contribution in [0.25, 0.3) is 0 Å². The molecule has 0 heterocycles. The van der Waals surface area contributed by atoms with Crippen molar-refractivity contribution >= 4 is 5.69 Å². The number of unbranched alkanes of at least 4 members (excludes halogenated alkanes) is 2. The van der Waals surface area contributed by atoms with Crippen molar-refractivity contribution < 1.29 is 5.11 Å². The molecule has 0 aliphatic carbocycles. The second-order valence-electron chi connectivity index (χ2n) is 5.07. The van der Waals surface area contributed by atoms with Gasteiger partial charge in [-0.1, -0.05) is 32.8 Å². The van der Waals surface area contributed by atoms with Gasteiger partial charge in [0.05, 0.1) is 20.1 Å². The van der Waals surface area contributed by atoms with Crippen molar-refractivity contribution in [1.82, 2.24) is 4.48 Å². The molecule has 0 unspecified atom stereocenters. The van der Waals surface area contributed by atoms with Gasteiger partial charge in [0, 0.05) is 6.07 Å². The van der Waals surface area contributed by atoms with E-state index in [0.29, 0.717) is 5.75 Å². The lowest BCUT2D eigenvalue weighted by Crippen LogP contribution is -2.46. The first-order valence-electron chi connectivity index (χ1n) is 6.76. The van der Waals surface area contributed by atoms with Gasteiger partial charge in [0.15, 0.2) is 0 Å². The predicted octanol–water partition coefficient (Wildman–Crippen LogP) is 3.93. The molecule has 1 aromatic carbocycles. The van der Waals surface area contributed by atoms with Crippen molar-refractivity contribution in [3.63, 3.8) is 0 Å². The number of quaternary nitrogens is 1. The first-order valence-corrected chi connectivity index (χ1v) is 6.76. The minimum absolute atomic E-state index is 0.375. The molecule has 0 atom stereocenters. The number of benzene rings is 1. The number of aromatic hydroxyl groups is 1.